The number of carbonyl (C=O) groups excluding carboxylic acids is 1. The molecule has 1 heterocycles. The maximum absolute atomic E-state index is 11.5. The number of allylic oxidation sites excluding steroid dienone is 1. The Morgan fingerprint density at radius 1 is 1.67 bits per heavy atom. The van der Waals surface area contributed by atoms with Crippen LogP contribution in [-0.4, -0.2) is 17.1 Å². The number of esters is 1. The van der Waals surface area contributed by atoms with E-state index in [1.54, 1.807) is 6.07 Å². The summed E-state index contributed by atoms with van der Waals surface area (Å²) >= 11 is 0. The van der Waals surface area contributed by atoms with Gasteiger partial charge in [0.25, 0.3) is 0 Å². The maximum atomic E-state index is 11.5. The molecule has 3 nitrogen and oxygen atoms in total. The summed E-state index contributed by atoms with van der Waals surface area (Å²) in [6.45, 7) is 6.71. The van der Waals surface area contributed by atoms with Crippen molar-refractivity contribution in [3.05, 3.63) is 36.7 Å². The maximum Gasteiger partial charge on any atom is 0.354 e. The van der Waals surface area contributed by atoms with E-state index in [9.17, 15) is 4.79 Å². The molecule has 0 amide bonds. The molecule has 1 aromatic rings. The van der Waals surface area contributed by atoms with Gasteiger partial charge in [-0.3, -0.25) is 0 Å². The first-order valence-electron chi connectivity index (χ1n) is 5.22. The summed E-state index contributed by atoms with van der Waals surface area (Å²) in [4.78, 5) is 11.5. The molecule has 0 spiro atoms. The lowest BCUT2D eigenvalue weighted by Gasteiger charge is -2.07. The van der Waals surface area contributed by atoms with Crippen molar-refractivity contribution in [1.82, 2.24) is 4.57 Å². The minimum Gasteiger partial charge on any atom is -0.461 e. The summed E-state index contributed by atoms with van der Waals surface area (Å²) in [6.07, 6.45) is 5.73. The van der Waals surface area contributed by atoms with E-state index < -0.39 is 0 Å². The van der Waals surface area contributed by atoms with Crippen LogP contribution in [0.3, 0.4) is 0 Å². The van der Waals surface area contributed by atoms with Crippen molar-refractivity contribution in [2.75, 3.05) is 6.61 Å². The lowest BCUT2D eigenvalue weighted by Crippen LogP contribution is -2.11. The molecule has 0 aromatic carbocycles. The molecule has 0 atom stereocenters. The van der Waals surface area contributed by atoms with Crippen LogP contribution in [0.1, 0.15) is 30.3 Å². The quantitative estimate of drug-likeness (QED) is 0.408. The molecule has 0 unspecified atom stereocenters. The second-order valence-electron chi connectivity index (χ2n) is 3.24. The van der Waals surface area contributed by atoms with Crippen molar-refractivity contribution in [2.45, 2.75) is 26.3 Å². The predicted molar refractivity (Wildman–Crippen MR) is 59.8 cm³/mol. The number of nitrogens with zero attached hydrogens (tertiary/aromatic N) is 1. The number of hydrogen-bond donors (Lipinski definition) is 0. The molecule has 0 radical (unpaired) electrons. The van der Waals surface area contributed by atoms with Gasteiger partial charge in [0.15, 0.2) is 0 Å². The van der Waals surface area contributed by atoms with Gasteiger partial charge in [0.05, 0.1) is 6.61 Å². The summed E-state index contributed by atoms with van der Waals surface area (Å²) in [5.41, 5.74) is 0.626. The van der Waals surface area contributed by atoms with Crippen LogP contribution in [0.25, 0.3) is 0 Å². The van der Waals surface area contributed by atoms with Crippen LogP contribution in [0.15, 0.2) is 31.0 Å². The Kier molecular flexibility index (Phi) is 4.68. The van der Waals surface area contributed by atoms with Gasteiger partial charge in [-0.2, -0.15) is 0 Å². The highest BCUT2D eigenvalue weighted by atomic mass is 16.5. The van der Waals surface area contributed by atoms with E-state index in [0.29, 0.717) is 12.3 Å². The van der Waals surface area contributed by atoms with Crippen LogP contribution in [-0.2, 0) is 11.3 Å². The molecule has 0 bridgehead atoms. The molecular weight excluding hydrogens is 190 g/mol. The van der Waals surface area contributed by atoms with E-state index >= 15 is 0 Å². The molecule has 0 N–H and O–H groups in total. The Morgan fingerprint density at radius 3 is 3.13 bits per heavy atom. The van der Waals surface area contributed by atoms with E-state index in [2.05, 4.69) is 6.58 Å². The van der Waals surface area contributed by atoms with Crippen LogP contribution in [0.4, 0.5) is 0 Å². The molecule has 0 aliphatic heterocycles. The molecule has 3 heteroatoms. The third kappa shape index (κ3) is 3.27. The first-order valence-corrected chi connectivity index (χ1v) is 5.22. The van der Waals surface area contributed by atoms with Crippen LogP contribution < -0.4 is 0 Å². The number of carbonyl (C=O) groups is 1. The normalized spacial score (nSPS) is 9.93. The topological polar surface area (TPSA) is 31.2 Å². The first kappa shape index (κ1) is 11.6. The fraction of sp³-hybridized carbons (Fsp3) is 0.417. The fourth-order valence-corrected chi connectivity index (χ4v) is 1.41. The summed E-state index contributed by atoms with van der Waals surface area (Å²) in [5, 5.41) is 0. The van der Waals surface area contributed by atoms with Crippen LogP contribution in [0.2, 0.25) is 0 Å². The number of rotatable bonds is 6. The third-order valence-electron chi connectivity index (χ3n) is 2.12. The Bertz CT molecular complexity index is 328. The highest BCUT2D eigenvalue weighted by Gasteiger charge is 2.10. The van der Waals surface area contributed by atoms with Gasteiger partial charge in [0.2, 0.25) is 0 Å². The van der Waals surface area contributed by atoms with Gasteiger partial charge in [-0.25, -0.2) is 4.79 Å². The number of aryl methyl sites for hydroxylation is 1. The van der Waals surface area contributed by atoms with E-state index in [-0.39, 0.29) is 5.97 Å². The van der Waals surface area contributed by atoms with Crippen molar-refractivity contribution in [3.8, 4) is 0 Å². The van der Waals surface area contributed by atoms with Gasteiger partial charge < -0.3 is 9.30 Å². The van der Waals surface area contributed by atoms with Gasteiger partial charge in [-0.15, -0.1) is 6.58 Å². The molecule has 82 valence electrons. The Hall–Kier alpha value is -1.51. The SMILES string of the molecule is C=CCCCn1cccc1C(=O)OCC. The molecule has 15 heavy (non-hydrogen) atoms. The predicted octanol–water partition coefficient (Wildman–Crippen LogP) is 2.63. The fourth-order valence-electron chi connectivity index (χ4n) is 1.41. The number of aromatic nitrogens is 1. The smallest absolute Gasteiger partial charge is 0.354 e. The van der Waals surface area contributed by atoms with E-state index in [1.807, 2.05) is 29.8 Å². The van der Waals surface area contributed by atoms with Gasteiger partial charge in [0, 0.05) is 12.7 Å². The van der Waals surface area contributed by atoms with Crippen LogP contribution >= 0.6 is 0 Å². The van der Waals surface area contributed by atoms with Crippen molar-refractivity contribution in [2.24, 2.45) is 0 Å². The molecule has 0 saturated heterocycles. The van der Waals surface area contributed by atoms with Gasteiger partial charge in [-0.05, 0) is 31.9 Å². The van der Waals surface area contributed by atoms with E-state index in [0.717, 1.165) is 19.4 Å². The second-order valence-corrected chi connectivity index (χ2v) is 3.24. The number of ether oxygens (including phenoxy) is 1. The number of unbranched alkanes of at least 4 members (excludes halogenated alkanes) is 1. The summed E-state index contributed by atoms with van der Waals surface area (Å²) < 4.78 is 6.87. The minimum atomic E-state index is -0.249. The van der Waals surface area contributed by atoms with Crippen LogP contribution in [0, 0.1) is 0 Å². The van der Waals surface area contributed by atoms with Crippen molar-refractivity contribution in [3.63, 3.8) is 0 Å². The molecule has 0 aliphatic rings. The molecule has 1 rings (SSSR count). The standard InChI is InChI=1S/C12H17NO2/c1-3-5-6-9-13-10-7-8-11(13)12(14)15-4-2/h3,7-8,10H,1,4-6,9H2,2H3. The van der Waals surface area contributed by atoms with Crippen molar-refractivity contribution >= 4 is 5.97 Å². The zero-order valence-electron chi connectivity index (χ0n) is 9.11. The monoisotopic (exact) mass is 207 g/mol. The average Bonchev–Trinajstić information content (AvgIpc) is 2.67. The Morgan fingerprint density at radius 2 is 2.47 bits per heavy atom. The average molecular weight is 207 g/mol. The van der Waals surface area contributed by atoms with Crippen molar-refractivity contribution < 1.29 is 9.53 Å². The number of hydrogen-bond acceptors (Lipinski definition) is 2. The minimum absolute atomic E-state index is 0.249. The zero-order valence-corrected chi connectivity index (χ0v) is 9.11. The molecule has 0 saturated carbocycles. The van der Waals surface area contributed by atoms with E-state index in [1.165, 1.54) is 0 Å². The van der Waals surface area contributed by atoms with Crippen molar-refractivity contribution in [1.29, 1.82) is 0 Å². The first-order chi connectivity index (χ1) is 7.29. The Balaban J connectivity index is 2.60. The third-order valence-corrected chi connectivity index (χ3v) is 2.12. The molecule has 0 fully saturated rings. The Labute approximate surface area is 90.4 Å². The highest BCUT2D eigenvalue weighted by molar-refractivity contribution is 5.87. The zero-order chi connectivity index (χ0) is 11.1. The lowest BCUT2D eigenvalue weighted by molar-refractivity contribution is 0.0513. The van der Waals surface area contributed by atoms with Gasteiger partial charge in [0.1, 0.15) is 5.69 Å². The van der Waals surface area contributed by atoms with Gasteiger partial charge in [-0.1, -0.05) is 6.08 Å². The van der Waals surface area contributed by atoms with E-state index in [4.69, 9.17) is 4.74 Å². The molecular formula is C12H17NO2. The summed E-state index contributed by atoms with van der Waals surface area (Å²) in [5.74, 6) is -0.249. The second kappa shape index (κ2) is 6.06. The lowest BCUT2D eigenvalue weighted by atomic mass is 10.3. The summed E-state index contributed by atoms with van der Waals surface area (Å²) in [7, 11) is 0. The van der Waals surface area contributed by atoms with Crippen LogP contribution in [0.5, 0.6) is 0 Å². The molecule has 0 aliphatic carbocycles. The highest BCUT2D eigenvalue weighted by Crippen LogP contribution is 2.06. The van der Waals surface area contributed by atoms with Gasteiger partial charge >= 0.3 is 5.97 Å². The molecule has 1 aromatic heterocycles. The largest absolute Gasteiger partial charge is 0.461 e. The summed E-state index contributed by atoms with van der Waals surface area (Å²) in [6, 6.07) is 3.64.